The van der Waals surface area contributed by atoms with E-state index in [1.807, 2.05) is 46.8 Å². The molecule has 0 N–H and O–H groups in total. The average Bonchev–Trinajstić information content (AvgIpc) is 3.15. The fraction of sp³-hybridized carbons (Fsp3) is 0.412. The van der Waals surface area contributed by atoms with E-state index in [9.17, 15) is 4.79 Å². The lowest BCUT2D eigenvalue weighted by atomic mass is 10.1. The Morgan fingerprint density at radius 2 is 1.86 bits per heavy atom. The van der Waals surface area contributed by atoms with Gasteiger partial charge in [-0.05, 0) is 38.3 Å². The van der Waals surface area contributed by atoms with Crippen molar-refractivity contribution in [2.45, 2.75) is 33.1 Å². The molecule has 0 unspecified atom stereocenters. The monoisotopic (exact) mass is 283 g/mol. The minimum atomic E-state index is 0.143. The number of benzene rings is 1. The van der Waals surface area contributed by atoms with Gasteiger partial charge in [-0.25, -0.2) is 4.68 Å². The number of amides is 1. The first-order valence-corrected chi connectivity index (χ1v) is 7.65. The molecule has 21 heavy (non-hydrogen) atoms. The summed E-state index contributed by atoms with van der Waals surface area (Å²) in [6.07, 6.45) is 3.02. The van der Waals surface area contributed by atoms with Crippen molar-refractivity contribution >= 4 is 5.91 Å². The van der Waals surface area contributed by atoms with Crippen LogP contribution in [0.2, 0.25) is 0 Å². The van der Waals surface area contributed by atoms with E-state index in [-0.39, 0.29) is 5.91 Å². The number of aromatic nitrogens is 2. The molecule has 0 radical (unpaired) electrons. The van der Waals surface area contributed by atoms with Crippen molar-refractivity contribution in [3.05, 3.63) is 47.3 Å². The second-order valence-corrected chi connectivity index (χ2v) is 5.51. The number of nitrogens with zero attached hydrogens (tertiary/aromatic N) is 3. The number of para-hydroxylation sites is 1. The summed E-state index contributed by atoms with van der Waals surface area (Å²) in [5.74, 6) is 0.143. The molecule has 0 bridgehead atoms. The fourth-order valence-electron chi connectivity index (χ4n) is 3.04. The third-order valence-corrected chi connectivity index (χ3v) is 4.10. The largest absolute Gasteiger partial charge is 0.339 e. The molecule has 0 aliphatic carbocycles. The van der Waals surface area contributed by atoms with Crippen LogP contribution in [0.4, 0.5) is 0 Å². The van der Waals surface area contributed by atoms with E-state index in [1.165, 1.54) is 0 Å². The van der Waals surface area contributed by atoms with Gasteiger partial charge in [-0.2, -0.15) is 5.10 Å². The van der Waals surface area contributed by atoms with Gasteiger partial charge in [-0.15, -0.1) is 0 Å². The fourth-order valence-corrected chi connectivity index (χ4v) is 3.04. The molecule has 2 aromatic rings. The Kier molecular flexibility index (Phi) is 3.78. The standard InChI is InChI=1S/C17H21N3O/c1-3-15-16(17(21)19-11-7-8-12-19)13(2)18-20(15)14-9-5-4-6-10-14/h4-6,9-10H,3,7-8,11-12H2,1-2H3. The third-order valence-electron chi connectivity index (χ3n) is 4.10. The van der Waals surface area contributed by atoms with Crippen LogP contribution in [0.3, 0.4) is 0 Å². The highest BCUT2D eigenvalue weighted by molar-refractivity contribution is 5.96. The highest BCUT2D eigenvalue weighted by Crippen LogP contribution is 2.22. The zero-order valence-electron chi connectivity index (χ0n) is 12.7. The van der Waals surface area contributed by atoms with E-state index in [0.29, 0.717) is 0 Å². The zero-order valence-corrected chi connectivity index (χ0v) is 12.7. The van der Waals surface area contributed by atoms with Gasteiger partial charge in [0.15, 0.2) is 0 Å². The number of hydrogen-bond acceptors (Lipinski definition) is 2. The Bertz CT molecular complexity index is 640. The average molecular weight is 283 g/mol. The van der Waals surface area contributed by atoms with Crippen molar-refractivity contribution in [3.63, 3.8) is 0 Å². The van der Waals surface area contributed by atoms with Crippen LogP contribution in [-0.2, 0) is 6.42 Å². The molecular weight excluding hydrogens is 262 g/mol. The molecule has 1 fully saturated rings. The zero-order chi connectivity index (χ0) is 14.8. The van der Waals surface area contributed by atoms with Gasteiger partial charge >= 0.3 is 0 Å². The quantitative estimate of drug-likeness (QED) is 0.868. The molecule has 2 heterocycles. The Labute approximate surface area is 125 Å². The van der Waals surface area contributed by atoms with Crippen molar-refractivity contribution in [2.75, 3.05) is 13.1 Å². The predicted molar refractivity (Wildman–Crippen MR) is 82.8 cm³/mol. The lowest BCUT2D eigenvalue weighted by Crippen LogP contribution is -2.28. The molecule has 0 atom stereocenters. The Hall–Kier alpha value is -2.10. The van der Waals surface area contributed by atoms with E-state index in [2.05, 4.69) is 12.0 Å². The van der Waals surface area contributed by atoms with Crippen LogP contribution in [0, 0.1) is 6.92 Å². The number of rotatable bonds is 3. The molecule has 1 amide bonds. The van der Waals surface area contributed by atoms with Gasteiger partial charge in [0.1, 0.15) is 0 Å². The van der Waals surface area contributed by atoms with E-state index in [0.717, 1.165) is 55.0 Å². The van der Waals surface area contributed by atoms with Gasteiger partial charge in [0.2, 0.25) is 0 Å². The number of aryl methyl sites for hydroxylation is 1. The van der Waals surface area contributed by atoms with Crippen LogP contribution in [0.1, 0.15) is 41.5 Å². The topological polar surface area (TPSA) is 38.1 Å². The number of carbonyl (C=O) groups excluding carboxylic acids is 1. The smallest absolute Gasteiger partial charge is 0.257 e. The molecule has 1 saturated heterocycles. The Balaban J connectivity index is 2.05. The summed E-state index contributed by atoms with van der Waals surface area (Å²) in [7, 11) is 0. The van der Waals surface area contributed by atoms with E-state index in [1.54, 1.807) is 0 Å². The van der Waals surface area contributed by atoms with Crippen LogP contribution < -0.4 is 0 Å². The van der Waals surface area contributed by atoms with Crippen molar-refractivity contribution in [3.8, 4) is 5.69 Å². The molecular formula is C17H21N3O. The second-order valence-electron chi connectivity index (χ2n) is 5.51. The number of likely N-dealkylation sites (tertiary alicyclic amines) is 1. The molecule has 1 aromatic heterocycles. The van der Waals surface area contributed by atoms with E-state index in [4.69, 9.17) is 0 Å². The highest BCUT2D eigenvalue weighted by Gasteiger charge is 2.26. The summed E-state index contributed by atoms with van der Waals surface area (Å²) in [5.41, 5.74) is 3.64. The first-order valence-electron chi connectivity index (χ1n) is 7.65. The van der Waals surface area contributed by atoms with Crippen molar-refractivity contribution in [2.24, 2.45) is 0 Å². The summed E-state index contributed by atoms with van der Waals surface area (Å²) < 4.78 is 1.92. The van der Waals surface area contributed by atoms with Gasteiger partial charge < -0.3 is 4.90 Å². The van der Waals surface area contributed by atoms with Crippen molar-refractivity contribution < 1.29 is 4.79 Å². The van der Waals surface area contributed by atoms with Crippen LogP contribution >= 0.6 is 0 Å². The lowest BCUT2D eigenvalue weighted by molar-refractivity contribution is 0.0791. The summed E-state index contributed by atoms with van der Waals surface area (Å²) in [5, 5.41) is 4.61. The van der Waals surface area contributed by atoms with Gasteiger partial charge in [-0.1, -0.05) is 25.1 Å². The van der Waals surface area contributed by atoms with Gasteiger partial charge in [0.05, 0.1) is 22.6 Å². The molecule has 110 valence electrons. The maximum Gasteiger partial charge on any atom is 0.257 e. The third kappa shape index (κ3) is 2.46. The van der Waals surface area contributed by atoms with Crippen LogP contribution in [-0.4, -0.2) is 33.7 Å². The van der Waals surface area contributed by atoms with Gasteiger partial charge in [0, 0.05) is 13.1 Å². The summed E-state index contributed by atoms with van der Waals surface area (Å²) in [4.78, 5) is 14.7. The summed E-state index contributed by atoms with van der Waals surface area (Å²) in [6, 6.07) is 10.0. The molecule has 4 heteroatoms. The molecule has 3 rings (SSSR count). The second kappa shape index (κ2) is 5.72. The predicted octanol–water partition coefficient (Wildman–Crippen LogP) is 2.98. The normalized spacial score (nSPS) is 14.7. The SMILES string of the molecule is CCc1c(C(=O)N2CCCC2)c(C)nn1-c1ccccc1. The molecule has 4 nitrogen and oxygen atoms in total. The van der Waals surface area contributed by atoms with Gasteiger partial charge in [0.25, 0.3) is 5.91 Å². The van der Waals surface area contributed by atoms with Crippen LogP contribution in [0.5, 0.6) is 0 Å². The molecule has 1 aliphatic rings. The first-order chi connectivity index (χ1) is 10.2. The summed E-state index contributed by atoms with van der Waals surface area (Å²) in [6.45, 7) is 5.76. The molecule has 0 saturated carbocycles. The molecule has 1 aliphatic heterocycles. The highest BCUT2D eigenvalue weighted by atomic mass is 16.2. The van der Waals surface area contributed by atoms with E-state index >= 15 is 0 Å². The minimum absolute atomic E-state index is 0.143. The first kappa shape index (κ1) is 13.9. The summed E-state index contributed by atoms with van der Waals surface area (Å²) >= 11 is 0. The Morgan fingerprint density at radius 3 is 2.48 bits per heavy atom. The molecule has 0 spiro atoms. The Morgan fingerprint density at radius 1 is 1.19 bits per heavy atom. The maximum atomic E-state index is 12.8. The van der Waals surface area contributed by atoms with E-state index < -0.39 is 0 Å². The van der Waals surface area contributed by atoms with Crippen molar-refractivity contribution in [1.82, 2.24) is 14.7 Å². The van der Waals surface area contributed by atoms with Crippen LogP contribution in [0.15, 0.2) is 30.3 Å². The maximum absolute atomic E-state index is 12.8. The van der Waals surface area contributed by atoms with Gasteiger partial charge in [-0.3, -0.25) is 4.79 Å². The number of carbonyl (C=O) groups is 1. The molecule has 1 aromatic carbocycles. The minimum Gasteiger partial charge on any atom is -0.339 e. The lowest BCUT2D eigenvalue weighted by Gasteiger charge is -2.16. The van der Waals surface area contributed by atoms with Crippen molar-refractivity contribution in [1.29, 1.82) is 0 Å². The van der Waals surface area contributed by atoms with Crippen LogP contribution in [0.25, 0.3) is 5.69 Å². The number of hydrogen-bond donors (Lipinski definition) is 0.